The van der Waals surface area contributed by atoms with Gasteiger partial charge in [0.15, 0.2) is 0 Å². The van der Waals surface area contributed by atoms with Crippen LogP contribution in [0.15, 0.2) is 54.6 Å². The van der Waals surface area contributed by atoms with Crippen LogP contribution >= 0.6 is 0 Å². The number of carbonyl (C=O) groups excluding carboxylic acids is 3. The van der Waals surface area contributed by atoms with Crippen LogP contribution in [0.5, 0.6) is 5.75 Å². The summed E-state index contributed by atoms with van der Waals surface area (Å²) in [6.45, 7) is 3.63. The van der Waals surface area contributed by atoms with Crippen LogP contribution in [0.1, 0.15) is 44.2 Å². The second kappa shape index (κ2) is 16.0. The largest absolute Gasteiger partial charge is 0.508 e. The van der Waals surface area contributed by atoms with Crippen LogP contribution in [-0.4, -0.2) is 69.1 Å². The number of phenols is 1. The van der Waals surface area contributed by atoms with Gasteiger partial charge in [0, 0.05) is 12.8 Å². The molecule has 12 heteroatoms. The Kier molecular flexibility index (Phi) is 12.8. The van der Waals surface area contributed by atoms with Crippen molar-refractivity contribution in [3.63, 3.8) is 0 Å². The number of nitrogens with one attached hydrogen (secondary N) is 3. The van der Waals surface area contributed by atoms with Crippen molar-refractivity contribution in [3.8, 4) is 5.75 Å². The molecule has 0 fully saturated rings. The van der Waals surface area contributed by atoms with Crippen molar-refractivity contribution in [2.75, 3.05) is 0 Å². The van der Waals surface area contributed by atoms with E-state index in [0.717, 1.165) is 5.56 Å². The molecule has 3 amide bonds. The number of hydrogen-bond donors (Lipinski definition) is 7. The molecule has 12 nitrogen and oxygen atoms in total. The second-order valence-electron chi connectivity index (χ2n) is 10.3. The van der Waals surface area contributed by atoms with E-state index in [1.165, 1.54) is 12.1 Å². The number of aliphatic carboxylic acids is 2. The molecule has 0 aliphatic rings. The number of aromatic hydroxyl groups is 1. The first-order valence-corrected chi connectivity index (χ1v) is 13.3. The zero-order chi connectivity index (χ0) is 30.5. The molecule has 41 heavy (non-hydrogen) atoms. The number of carbonyl (C=O) groups is 5. The van der Waals surface area contributed by atoms with E-state index in [1.54, 1.807) is 42.5 Å². The number of benzene rings is 2. The summed E-state index contributed by atoms with van der Waals surface area (Å²) in [5.41, 5.74) is 7.56. The highest BCUT2D eigenvalue weighted by atomic mass is 16.4. The molecule has 2 aromatic rings. The summed E-state index contributed by atoms with van der Waals surface area (Å²) in [6.07, 6.45) is -0.387. The standard InChI is InChI=1S/C29H38N4O8/c1-17(2)14-23(27(38)31-22(29(40)41)12-13-25(35)36)33-28(39)24(16-18-6-4-3-5-7-18)32-26(37)21(30)15-19-8-10-20(34)11-9-19/h3-11,17,21-24,34H,12-16,30H2,1-2H3,(H,31,38)(H,32,37)(H,33,39)(H,35,36)(H,40,41). The van der Waals surface area contributed by atoms with Crippen LogP contribution < -0.4 is 21.7 Å². The number of rotatable bonds is 16. The third kappa shape index (κ3) is 11.7. The lowest BCUT2D eigenvalue weighted by atomic mass is 10.00. The SMILES string of the molecule is CC(C)CC(NC(=O)C(Cc1ccccc1)NC(=O)C(N)Cc1ccc(O)cc1)C(=O)NC(CCC(=O)O)C(=O)O. The van der Waals surface area contributed by atoms with E-state index in [1.807, 2.05) is 13.8 Å². The van der Waals surface area contributed by atoms with Gasteiger partial charge in [0.2, 0.25) is 17.7 Å². The van der Waals surface area contributed by atoms with Crippen LogP contribution in [0.2, 0.25) is 0 Å². The number of nitrogens with two attached hydrogens (primary N) is 1. The lowest BCUT2D eigenvalue weighted by Crippen LogP contribution is -2.58. The molecule has 0 aliphatic carbocycles. The van der Waals surface area contributed by atoms with Gasteiger partial charge in [0.05, 0.1) is 6.04 Å². The number of carboxylic acid groups (broad SMARTS) is 2. The topological polar surface area (TPSA) is 208 Å². The Labute approximate surface area is 238 Å². The van der Waals surface area contributed by atoms with E-state index in [-0.39, 0.29) is 37.4 Å². The van der Waals surface area contributed by atoms with Gasteiger partial charge in [0.1, 0.15) is 23.9 Å². The third-order valence-corrected chi connectivity index (χ3v) is 6.25. The highest BCUT2D eigenvalue weighted by Crippen LogP contribution is 2.12. The molecule has 0 aromatic heterocycles. The van der Waals surface area contributed by atoms with Crippen molar-refractivity contribution in [1.29, 1.82) is 0 Å². The highest BCUT2D eigenvalue weighted by molar-refractivity contribution is 5.94. The summed E-state index contributed by atoms with van der Waals surface area (Å²) in [4.78, 5) is 62.0. The predicted molar refractivity (Wildman–Crippen MR) is 150 cm³/mol. The minimum Gasteiger partial charge on any atom is -0.508 e. The van der Waals surface area contributed by atoms with Crippen molar-refractivity contribution in [2.45, 2.75) is 70.1 Å². The number of amides is 3. The highest BCUT2D eigenvalue weighted by Gasteiger charge is 2.31. The first-order chi connectivity index (χ1) is 19.3. The summed E-state index contributed by atoms with van der Waals surface area (Å²) in [5, 5.41) is 35.4. The van der Waals surface area contributed by atoms with Crippen molar-refractivity contribution in [1.82, 2.24) is 16.0 Å². The average Bonchev–Trinajstić information content (AvgIpc) is 2.91. The second-order valence-corrected chi connectivity index (χ2v) is 10.3. The first-order valence-electron chi connectivity index (χ1n) is 13.3. The van der Waals surface area contributed by atoms with Gasteiger partial charge in [-0.25, -0.2) is 4.79 Å². The van der Waals surface area contributed by atoms with E-state index < -0.39 is 60.2 Å². The lowest BCUT2D eigenvalue weighted by molar-refractivity contribution is -0.143. The number of hydrogen-bond acceptors (Lipinski definition) is 7. The number of carboxylic acids is 2. The average molecular weight is 571 g/mol. The molecule has 0 saturated carbocycles. The zero-order valence-corrected chi connectivity index (χ0v) is 23.1. The van der Waals surface area contributed by atoms with E-state index in [2.05, 4.69) is 16.0 Å². The smallest absolute Gasteiger partial charge is 0.326 e. The molecule has 0 bridgehead atoms. The quantitative estimate of drug-likeness (QED) is 0.153. The van der Waals surface area contributed by atoms with Gasteiger partial charge in [-0.3, -0.25) is 19.2 Å². The predicted octanol–water partition coefficient (Wildman–Crippen LogP) is 0.955. The third-order valence-electron chi connectivity index (χ3n) is 6.25. The van der Waals surface area contributed by atoms with Gasteiger partial charge in [-0.2, -0.15) is 0 Å². The molecule has 0 heterocycles. The molecule has 0 aliphatic heterocycles. The van der Waals surface area contributed by atoms with Crippen LogP contribution in [0.3, 0.4) is 0 Å². The van der Waals surface area contributed by atoms with Crippen molar-refractivity contribution < 1.29 is 39.3 Å². The number of phenolic OH excluding ortho intramolecular Hbond substituents is 1. The lowest BCUT2D eigenvalue weighted by Gasteiger charge is -2.26. The Morgan fingerprint density at radius 2 is 1.27 bits per heavy atom. The van der Waals surface area contributed by atoms with Gasteiger partial charge < -0.3 is 37.0 Å². The molecule has 2 rings (SSSR count). The van der Waals surface area contributed by atoms with Crippen LogP contribution in [0.25, 0.3) is 0 Å². The van der Waals surface area contributed by atoms with Crippen LogP contribution in [-0.2, 0) is 36.8 Å². The van der Waals surface area contributed by atoms with E-state index in [9.17, 15) is 34.2 Å². The minimum absolute atomic E-state index is 0.0721. The molecule has 8 N–H and O–H groups in total. The molecular formula is C29H38N4O8. The fourth-order valence-electron chi connectivity index (χ4n) is 4.09. The van der Waals surface area contributed by atoms with Crippen molar-refractivity contribution >= 4 is 29.7 Å². The van der Waals surface area contributed by atoms with Crippen LogP contribution in [0.4, 0.5) is 0 Å². The Hall–Kier alpha value is -4.45. The monoisotopic (exact) mass is 570 g/mol. The van der Waals surface area contributed by atoms with Gasteiger partial charge in [-0.05, 0) is 48.4 Å². The maximum atomic E-state index is 13.5. The molecule has 2 aromatic carbocycles. The summed E-state index contributed by atoms with van der Waals surface area (Å²) in [6, 6.07) is 10.4. The minimum atomic E-state index is -1.46. The molecule has 222 valence electrons. The van der Waals surface area contributed by atoms with E-state index >= 15 is 0 Å². The van der Waals surface area contributed by atoms with Crippen molar-refractivity contribution in [2.24, 2.45) is 11.7 Å². The molecule has 4 unspecified atom stereocenters. The van der Waals surface area contributed by atoms with Gasteiger partial charge in [-0.15, -0.1) is 0 Å². The van der Waals surface area contributed by atoms with Gasteiger partial charge in [-0.1, -0.05) is 56.3 Å². The Morgan fingerprint density at radius 3 is 1.83 bits per heavy atom. The maximum Gasteiger partial charge on any atom is 0.326 e. The summed E-state index contributed by atoms with van der Waals surface area (Å²) in [7, 11) is 0. The fraction of sp³-hybridized carbons (Fsp3) is 0.414. The Morgan fingerprint density at radius 1 is 0.732 bits per heavy atom. The van der Waals surface area contributed by atoms with Gasteiger partial charge in [0.25, 0.3) is 0 Å². The Balaban J connectivity index is 2.20. The summed E-state index contributed by atoms with van der Waals surface area (Å²) in [5.74, 6) is -4.65. The van der Waals surface area contributed by atoms with E-state index in [4.69, 9.17) is 10.8 Å². The summed E-state index contributed by atoms with van der Waals surface area (Å²) < 4.78 is 0. The summed E-state index contributed by atoms with van der Waals surface area (Å²) >= 11 is 0. The first kappa shape index (κ1) is 32.8. The normalized spacial score (nSPS) is 13.9. The zero-order valence-electron chi connectivity index (χ0n) is 23.1. The Bertz CT molecular complexity index is 1190. The van der Waals surface area contributed by atoms with E-state index in [0.29, 0.717) is 5.56 Å². The van der Waals surface area contributed by atoms with Gasteiger partial charge >= 0.3 is 11.9 Å². The molecular weight excluding hydrogens is 532 g/mol. The molecule has 0 saturated heterocycles. The molecule has 0 spiro atoms. The van der Waals surface area contributed by atoms with Crippen molar-refractivity contribution in [3.05, 3.63) is 65.7 Å². The maximum absolute atomic E-state index is 13.5. The molecule has 4 atom stereocenters. The fourth-order valence-corrected chi connectivity index (χ4v) is 4.09. The van der Waals surface area contributed by atoms with Crippen LogP contribution in [0, 0.1) is 5.92 Å². The molecule has 0 radical (unpaired) electrons.